The van der Waals surface area contributed by atoms with Gasteiger partial charge in [-0.1, -0.05) is 12.1 Å². The van der Waals surface area contributed by atoms with E-state index in [9.17, 15) is 14.4 Å². The molecule has 3 N–H and O–H groups in total. The molecule has 28 heavy (non-hydrogen) atoms. The van der Waals surface area contributed by atoms with E-state index in [2.05, 4.69) is 22.0 Å². The van der Waals surface area contributed by atoms with Gasteiger partial charge >= 0.3 is 0 Å². The van der Waals surface area contributed by atoms with Crippen LogP contribution in [0.25, 0.3) is 0 Å². The normalized spacial score (nSPS) is 28.4. The van der Waals surface area contributed by atoms with Crippen LogP contribution >= 0.6 is 0 Å². The number of hydrogen-bond donors (Lipinski definition) is 3. The molecule has 1 spiro atoms. The van der Waals surface area contributed by atoms with Gasteiger partial charge in [0.1, 0.15) is 6.04 Å². The molecule has 3 aliphatic heterocycles. The predicted octanol–water partition coefficient (Wildman–Crippen LogP) is 0.822. The van der Waals surface area contributed by atoms with Crippen molar-refractivity contribution in [2.45, 2.75) is 69.2 Å². The Labute approximate surface area is 164 Å². The fourth-order valence-electron chi connectivity index (χ4n) is 4.73. The third-order valence-electron chi connectivity index (χ3n) is 6.73. The summed E-state index contributed by atoms with van der Waals surface area (Å²) >= 11 is 0. The number of imide groups is 1. The molecule has 1 saturated carbocycles. The number of benzene rings is 1. The molecule has 3 fully saturated rings. The minimum Gasteiger partial charge on any atom is -0.322 e. The quantitative estimate of drug-likeness (QED) is 0.671. The van der Waals surface area contributed by atoms with Crippen LogP contribution in [0, 0.1) is 0 Å². The summed E-state index contributed by atoms with van der Waals surface area (Å²) in [4.78, 5) is 37.9. The first kappa shape index (κ1) is 17.8. The molecule has 1 aliphatic carbocycles. The summed E-state index contributed by atoms with van der Waals surface area (Å²) in [6.07, 6.45) is 5.78. The van der Waals surface area contributed by atoms with Gasteiger partial charge in [0.25, 0.3) is 5.91 Å². The Morgan fingerprint density at radius 2 is 2.00 bits per heavy atom. The maximum absolute atomic E-state index is 12.7. The van der Waals surface area contributed by atoms with Crippen LogP contribution in [0.5, 0.6) is 0 Å². The SMILES string of the molecule is O=C1CCC(N2Cc3cc(CNC4CCC5(CC5)NC4)ccc3C2=O)C(=O)N1. The molecule has 4 aliphatic rings. The summed E-state index contributed by atoms with van der Waals surface area (Å²) in [6.45, 7) is 2.23. The predicted molar refractivity (Wildman–Crippen MR) is 102 cm³/mol. The average molecular weight is 382 g/mol. The first-order valence-corrected chi connectivity index (χ1v) is 10.3. The molecule has 148 valence electrons. The third kappa shape index (κ3) is 3.22. The van der Waals surface area contributed by atoms with Crippen LogP contribution in [0.4, 0.5) is 0 Å². The van der Waals surface area contributed by atoms with Gasteiger partial charge in [0.05, 0.1) is 0 Å². The molecule has 0 bridgehead atoms. The zero-order chi connectivity index (χ0) is 19.3. The van der Waals surface area contributed by atoms with E-state index in [1.54, 1.807) is 4.90 Å². The monoisotopic (exact) mass is 382 g/mol. The maximum Gasteiger partial charge on any atom is 0.255 e. The molecule has 2 saturated heterocycles. The van der Waals surface area contributed by atoms with Gasteiger partial charge in [-0.05, 0) is 49.3 Å². The molecule has 2 atom stereocenters. The molecule has 0 aromatic heterocycles. The van der Waals surface area contributed by atoms with Crippen LogP contribution in [0.15, 0.2) is 18.2 Å². The van der Waals surface area contributed by atoms with Crippen molar-refractivity contribution in [3.05, 3.63) is 34.9 Å². The summed E-state index contributed by atoms with van der Waals surface area (Å²) < 4.78 is 0. The van der Waals surface area contributed by atoms with Gasteiger partial charge in [-0.3, -0.25) is 19.7 Å². The van der Waals surface area contributed by atoms with Gasteiger partial charge in [-0.2, -0.15) is 0 Å². The Kier molecular flexibility index (Phi) is 4.25. The summed E-state index contributed by atoms with van der Waals surface area (Å²) in [5.74, 6) is -0.740. The zero-order valence-corrected chi connectivity index (χ0v) is 15.9. The van der Waals surface area contributed by atoms with E-state index in [0.29, 0.717) is 30.1 Å². The van der Waals surface area contributed by atoms with E-state index in [0.717, 1.165) is 24.2 Å². The summed E-state index contributed by atoms with van der Waals surface area (Å²) in [5.41, 5.74) is 3.26. The molecule has 7 heteroatoms. The Hall–Kier alpha value is -2.25. The van der Waals surface area contributed by atoms with Crippen LogP contribution < -0.4 is 16.0 Å². The molecular formula is C21H26N4O3. The fourth-order valence-corrected chi connectivity index (χ4v) is 4.73. The molecule has 1 aromatic rings. The lowest BCUT2D eigenvalue weighted by Crippen LogP contribution is -2.52. The molecule has 2 unspecified atom stereocenters. The van der Waals surface area contributed by atoms with Crippen molar-refractivity contribution in [3.8, 4) is 0 Å². The Balaban J connectivity index is 1.22. The Bertz CT molecular complexity index is 838. The first-order chi connectivity index (χ1) is 13.5. The number of fused-ring (bicyclic) bond motifs is 1. The average Bonchev–Trinajstić information content (AvgIpc) is 3.37. The van der Waals surface area contributed by atoms with Crippen molar-refractivity contribution in [1.82, 2.24) is 20.9 Å². The Morgan fingerprint density at radius 3 is 2.71 bits per heavy atom. The molecule has 3 heterocycles. The highest BCUT2D eigenvalue weighted by Gasteiger charge is 2.44. The van der Waals surface area contributed by atoms with Crippen LogP contribution in [-0.4, -0.2) is 46.8 Å². The van der Waals surface area contributed by atoms with Crippen molar-refractivity contribution < 1.29 is 14.4 Å². The molecule has 1 aromatic carbocycles. The number of hydrogen-bond acceptors (Lipinski definition) is 5. The number of rotatable bonds is 4. The fraction of sp³-hybridized carbons (Fsp3) is 0.571. The number of nitrogens with one attached hydrogen (secondary N) is 3. The zero-order valence-electron chi connectivity index (χ0n) is 15.9. The number of piperidine rings is 2. The first-order valence-electron chi connectivity index (χ1n) is 10.3. The second-order valence-electron chi connectivity index (χ2n) is 8.67. The van der Waals surface area contributed by atoms with E-state index in [-0.39, 0.29) is 24.1 Å². The van der Waals surface area contributed by atoms with Gasteiger partial charge in [0, 0.05) is 43.2 Å². The second-order valence-corrected chi connectivity index (χ2v) is 8.67. The summed E-state index contributed by atoms with van der Waals surface area (Å²) in [5, 5.41) is 9.65. The van der Waals surface area contributed by atoms with Crippen LogP contribution in [-0.2, 0) is 22.7 Å². The third-order valence-corrected chi connectivity index (χ3v) is 6.73. The van der Waals surface area contributed by atoms with E-state index in [1.807, 2.05) is 12.1 Å². The van der Waals surface area contributed by atoms with Crippen LogP contribution in [0.1, 0.15) is 60.0 Å². The van der Waals surface area contributed by atoms with Crippen molar-refractivity contribution >= 4 is 17.7 Å². The number of carbonyl (C=O) groups excluding carboxylic acids is 3. The lowest BCUT2D eigenvalue weighted by Gasteiger charge is -2.30. The molecule has 5 rings (SSSR count). The van der Waals surface area contributed by atoms with Crippen molar-refractivity contribution in [3.63, 3.8) is 0 Å². The Morgan fingerprint density at radius 1 is 1.14 bits per heavy atom. The van der Waals surface area contributed by atoms with Crippen LogP contribution in [0.2, 0.25) is 0 Å². The summed E-state index contributed by atoms with van der Waals surface area (Å²) in [7, 11) is 0. The topological polar surface area (TPSA) is 90.5 Å². The molecule has 3 amide bonds. The molecular weight excluding hydrogens is 356 g/mol. The van der Waals surface area contributed by atoms with Crippen LogP contribution in [0.3, 0.4) is 0 Å². The van der Waals surface area contributed by atoms with E-state index >= 15 is 0 Å². The highest BCUT2D eigenvalue weighted by atomic mass is 16.2. The van der Waals surface area contributed by atoms with Crippen molar-refractivity contribution in [2.75, 3.05) is 6.54 Å². The van der Waals surface area contributed by atoms with Gasteiger partial charge in [-0.15, -0.1) is 0 Å². The highest BCUT2D eigenvalue weighted by molar-refractivity contribution is 6.05. The lowest BCUT2D eigenvalue weighted by molar-refractivity contribution is -0.136. The largest absolute Gasteiger partial charge is 0.322 e. The van der Waals surface area contributed by atoms with Crippen molar-refractivity contribution in [1.29, 1.82) is 0 Å². The number of amides is 3. The minimum absolute atomic E-state index is 0.116. The molecule has 0 radical (unpaired) electrons. The van der Waals surface area contributed by atoms with Gasteiger partial charge < -0.3 is 15.5 Å². The van der Waals surface area contributed by atoms with E-state index in [1.165, 1.54) is 25.7 Å². The number of nitrogens with zero attached hydrogens (tertiary/aromatic N) is 1. The standard InChI is InChI=1S/C21H26N4O3/c26-18-4-3-17(19(27)24-18)25-12-14-9-13(1-2-16(14)20(25)28)10-22-15-5-6-21(7-8-21)23-11-15/h1-2,9,15,17,22-23H,3-8,10-12H2,(H,24,26,27). The maximum atomic E-state index is 12.7. The van der Waals surface area contributed by atoms with Crippen molar-refractivity contribution in [2.24, 2.45) is 0 Å². The smallest absolute Gasteiger partial charge is 0.255 e. The lowest BCUT2D eigenvalue weighted by atomic mass is 9.98. The minimum atomic E-state index is -0.553. The van der Waals surface area contributed by atoms with E-state index in [4.69, 9.17) is 0 Å². The van der Waals surface area contributed by atoms with Gasteiger partial charge in [0.15, 0.2) is 0 Å². The number of carbonyl (C=O) groups is 3. The second kappa shape index (κ2) is 6.67. The highest BCUT2D eigenvalue weighted by Crippen LogP contribution is 2.41. The van der Waals surface area contributed by atoms with E-state index < -0.39 is 6.04 Å². The summed E-state index contributed by atoms with van der Waals surface area (Å²) in [6, 6.07) is 5.88. The molecule has 7 nitrogen and oxygen atoms in total. The van der Waals surface area contributed by atoms with Gasteiger partial charge in [-0.25, -0.2) is 0 Å². The van der Waals surface area contributed by atoms with Gasteiger partial charge in [0.2, 0.25) is 11.8 Å².